The summed E-state index contributed by atoms with van der Waals surface area (Å²) in [5, 5.41) is 0. The number of rotatable bonds is 2. The molecule has 0 heterocycles. The van der Waals surface area contributed by atoms with E-state index in [1.54, 1.807) is 7.11 Å². The van der Waals surface area contributed by atoms with Crippen LogP contribution in [0, 0.1) is 16.7 Å². The first-order chi connectivity index (χ1) is 6.04. The molecule has 2 unspecified atom stereocenters. The number of ether oxygens (including phenoxy) is 1. The van der Waals surface area contributed by atoms with Gasteiger partial charge in [0.2, 0.25) is 0 Å². The van der Waals surface area contributed by atoms with E-state index in [0.717, 1.165) is 12.8 Å². The summed E-state index contributed by atoms with van der Waals surface area (Å²) in [5.74, 6) is 1.05. The van der Waals surface area contributed by atoms with Crippen molar-refractivity contribution in [1.82, 2.24) is 0 Å². The van der Waals surface area contributed by atoms with Crippen LogP contribution < -0.4 is 0 Å². The van der Waals surface area contributed by atoms with Crippen LogP contribution in [0.25, 0.3) is 0 Å². The summed E-state index contributed by atoms with van der Waals surface area (Å²) >= 11 is 0. The molecule has 2 rings (SSSR count). The van der Waals surface area contributed by atoms with Crippen LogP contribution in [0.4, 0.5) is 0 Å². The Kier molecular flexibility index (Phi) is 1.82. The number of carbonyl (C=O) groups is 1. The zero-order valence-corrected chi connectivity index (χ0v) is 8.72. The number of hydrogen-bond donors (Lipinski definition) is 0. The van der Waals surface area contributed by atoms with Crippen LogP contribution in [-0.2, 0) is 9.53 Å². The monoisotopic (exact) mass is 182 g/mol. The second-order valence-corrected chi connectivity index (χ2v) is 5.10. The third-order valence-electron chi connectivity index (χ3n) is 4.53. The molecule has 0 aromatic rings. The average molecular weight is 182 g/mol. The van der Waals surface area contributed by atoms with Gasteiger partial charge in [-0.2, -0.15) is 0 Å². The summed E-state index contributed by atoms with van der Waals surface area (Å²) in [6.07, 6.45) is 3.04. The maximum atomic E-state index is 11.9. The summed E-state index contributed by atoms with van der Waals surface area (Å²) in [4.78, 5) is 11.9. The van der Waals surface area contributed by atoms with Crippen molar-refractivity contribution in [3.05, 3.63) is 0 Å². The largest absolute Gasteiger partial charge is 0.384 e. The number of ketones is 1. The van der Waals surface area contributed by atoms with Gasteiger partial charge in [-0.1, -0.05) is 13.8 Å². The Labute approximate surface area is 79.7 Å². The van der Waals surface area contributed by atoms with Crippen LogP contribution >= 0.6 is 0 Å². The lowest BCUT2D eigenvalue weighted by Crippen LogP contribution is -2.39. The predicted octanol–water partition coefficient (Wildman–Crippen LogP) is 2.03. The van der Waals surface area contributed by atoms with Gasteiger partial charge in [0.05, 0.1) is 12.0 Å². The Morgan fingerprint density at radius 3 is 2.62 bits per heavy atom. The molecule has 2 atom stereocenters. The Bertz CT molecular complexity index is 244. The average Bonchev–Trinajstić information content (AvgIpc) is 2.38. The highest BCUT2D eigenvalue weighted by Gasteiger charge is 2.63. The molecule has 2 saturated carbocycles. The molecule has 0 radical (unpaired) electrons. The van der Waals surface area contributed by atoms with Crippen molar-refractivity contribution in [3.8, 4) is 0 Å². The molecule has 2 bridgehead atoms. The molecule has 0 aromatic heterocycles. The molecule has 0 aliphatic heterocycles. The molecule has 2 aliphatic rings. The van der Waals surface area contributed by atoms with Crippen molar-refractivity contribution in [1.29, 1.82) is 0 Å². The minimum Gasteiger partial charge on any atom is -0.384 e. The lowest BCUT2D eigenvalue weighted by atomic mass is 9.69. The maximum Gasteiger partial charge on any atom is 0.142 e. The molecule has 0 aromatic carbocycles. The van der Waals surface area contributed by atoms with Gasteiger partial charge in [-0.15, -0.1) is 0 Å². The van der Waals surface area contributed by atoms with E-state index in [-0.39, 0.29) is 10.8 Å². The number of methoxy groups -OCH3 is 1. The predicted molar refractivity (Wildman–Crippen MR) is 50.4 cm³/mol. The second kappa shape index (κ2) is 2.57. The van der Waals surface area contributed by atoms with E-state index in [9.17, 15) is 4.79 Å². The molecule has 13 heavy (non-hydrogen) atoms. The minimum absolute atomic E-state index is 0.146. The Hall–Kier alpha value is -0.370. The minimum atomic E-state index is -0.146. The van der Waals surface area contributed by atoms with Gasteiger partial charge in [-0.3, -0.25) is 4.79 Å². The summed E-state index contributed by atoms with van der Waals surface area (Å²) in [6, 6.07) is 0. The van der Waals surface area contributed by atoms with Gasteiger partial charge in [0.1, 0.15) is 5.78 Å². The van der Waals surface area contributed by atoms with Gasteiger partial charge in [-0.25, -0.2) is 0 Å². The Morgan fingerprint density at radius 2 is 2.23 bits per heavy atom. The van der Waals surface area contributed by atoms with Gasteiger partial charge >= 0.3 is 0 Å². The number of Topliss-reactive ketones (excluding diaryl/α,β-unsaturated/α-hetero) is 1. The number of carbonyl (C=O) groups excluding carboxylic acids is 1. The van der Waals surface area contributed by atoms with Gasteiger partial charge in [-0.05, 0) is 24.2 Å². The van der Waals surface area contributed by atoms with E-state index in [4.69, 9.17) is 4.74 Å². The molecule has 0 saturated heterocycles. The van der Waals surface area contributed by atoms with Crippen LogP contribution in [0.15, 0.2) is 0 Å². The molecular weight excluding hydrogens is 164 g/mol. The quantitative estimate of drug-likeness (QED) is 0.653. The Balaban J connectivity index is 2.37. The normalized spacial score (nSPS) is 41.5. The Morgan fingerprint density at radius 1 is 1.54 bits per heavy atom. The first-order valence-corrected chi connectivity index (χ1v) is 5.07. The van der Waals surface area contributed by atoms with Crippen LogP contribution in [0.1, 0.15) is 33.1 Å². The van der Waals surface area contributed by atoms with Crippen molar-refractivity contribution < 1.29 is 9.53 Å². The zero-order valence-electron chi connectivity index (χ0n) is 8.72. The van der Waals surface area contributed by atoms with Crippen molar-refractivity contribution in [3.63, 3.8) is 0 Å². The zero-order chi connectivity index (χ0) is 9.69. The molecule has 0 amide bonds. The van der Waals surface area contributed by atoms with E-state index in [1.165, 1.54) is 6.42 Å². The van der Waals surface area contributed by atoms with Crippen LogP contribution in [0.2, 0.25) is 0 Å². The van der Waals surface area contributed by atoms with E-state index >= 15 is 0 Å². The number of hydrogen-bond acceptors (Lipinski definition) is 2. The molecule has 74 valence electrons. The van der Waals surface area contributed by atoms with Crippen LogP contribution in [0.3, 0.4) is 0 Å². The van der Waals surface area contributed by atoms with Crippen molar-refractivity contribution in [2.75, 3.05) is 13.7 Å². The third kappa shape index (κ3) is 0.899. The topological polar surface area (TPSA) is 26.3 Å². The van der Waals surface area contributed by atoms with Gasteiger partial charge < -0.3 is 4.74 Å². The fourth-order valence-electron chi connectivity index (χ4n) is 3.35. The lowest BCUT2D eigenvalue weighted by molar-refractivity contribution is -0.133. The van der Waals surface area contributed by atoms with Crippen molar-refractivity contribution in [2.45, 2.75) is 33.1 Å². The summed E-state index contributed by atoms with van der Waals surface area (Å²) < 4.78 is 5.23. The van der Waals surface area contributed by atoms with Gasteiger partial charge in [0, 0.05) is 13.5 Å². The maximum absolute atomic E-state index is 11.9. The van der Waals surface area contributed by atoms with E-state index in [1.807, 2.05) is 0 Å². The molecule has 2 aliphatic carbocycles. The van der Waals surface area contributed by atoms with Gasteiger partial charge in [0.15, 0.2) is 0 Å². The third-order valence-corrected chi connectivity index (χ3v) is 4.53. The van der Waals surface area contributed by atoms with E-state index in [0.29, 0.717) is 18.3 Å². The molecule has 0 N–H and O–H groups in total. The van der Waals surface area contributed by atoms with Gasteiger partial charge in [0.25, 0.3) is 0 Å². The van der Waals surface area contributed by atoms with Crippen molar-refractivity contribution in [2.24, 2.45) is 16.7 Å². The van der Waals surface area contributed by atoms with Crippen LogP contribution in [0.5, 0.6) is 0 Å². The lowest BCUT2D eigenvalue weighted by Gasteiger charge is -2.35. The second-order valence-electron chi connectivity index (χ2n) is 5.10. The molecule has 0 spiro atoms. The summed E-state index contributed by atoms with van der Waals surface area (Å²) in [7, 11) is 1.70. The SMILES string of the molecule is COCC12CCC(CC1=O)C2(C)C. The first kappa shape index (κ1) is 9.20. The summed E-state index contributed by atoms with van der Waals surface area (Å²) in [5.41, 5.74) is 0.0203. The smallest absolute Gasteiger partial charge is 0.142 e. The highest BCUT2D eigenvalue weighted by Crippen LogP contribution is 2.63. The number of fused-ring (bicyclic) bond motifs is 2. The highest BCUT2D eigenvalue weighted by atomic mass is 16.5. The molecule has 2 heteroatoms. The van der Waals surface area contributed by atoms with E-state index < -0.39 is 0 Å². The van der Waals surface area contributed by atoms with Crippen molar-refractivity contribution >= 4 is 5.78 Å². The fourth-order valence-corrected chi connectivity index (χ4v) is 3.35. The molecular formula is C11H18O2. The standard InChI is InChI=1S/C11H18O2/c1-10(2)8-4-5-11(10,7-13-3)9(12)6-8/h8H,4-7H2,1-3H3. The molecule has 2 fully saturated rings. The van der Waals surface area contributed by atoms with E-state index in [2.05, 4.69) is 13.8 Å². The highest BCUT2D eigenvalue weighted by molar-refractivity contribution is 5.89. The van der Waals surface area contributed by atoms with Crippen LogP contribution in [-0.4, -0.2) is 19.5 Å². The molecule has 2 nitrogen and oxygen atoms in total. The first-order valence-electron chi connectivity index (χ1n) is 5.07. The fraction of sp³-hybridized carbons (Fsp3) is 0.909. The summed E-state index contributed by atoms with van der Waals surface area (Å²) in [6.45, 7) is 5.08.